The number of hydrogen-bond acceptors (Lipinski definition) is 2. The first-order chi connectivity index (χ1) is 7.59. The molecule has 1 rings (SSSR count). The van der Waals surface area contributed by atoms with Gasteiger partial charge in [-0.05, 0) is 25.2 Å². The van der Waals surface area contributed by atoms with Crippen LogP contribution in [0, 0.1) is 11.8 Å². The summed E-state index contributed by atoms with van der Waals surface area (Å²) < 4.78 is 0. The Morgan fingerprint density at radius 3 is 2.56 bits per heavy atom. The zero-order valence-electron chi connectivity index (χ0n) is 10.9. The number of ketones is 1. The summed E-state index contributed by atoms with van der Waals surface area (Å²) in [6.07, 6.45) is 10.6. The van der Waals surface area contributed by atoms with Gasteiger partial charge in [0.15, 0.2) is 0 Å². The van der Waals surface area contributed by atoms with Gasteiger partial charge in [0.2, 0.25) is 0 Å². The van der Waals surface area contributed by atoms with Crippen LogP contribution >= 0.6 is 0 Å². The number of hydrogen-bond donors (Lipinski definition) is 1. The maximum Gasteiger partial charge on any atom is 0.146 e. The zero-order chi connectivity index (χ0) is 12.0. The minimum Gasteiger partial charge on any atom is -0.322 e. The largest absolute Gasteiger partial charge is 0.322 e. The Labute approximate surface area is 100.0 Å². The quantitative estimate of drug-likeness (QED) is 0.722. The number of Topliss-reactive ketones (excluding diaryl/α,β-unsaturated/α-hetero) is 1. The Hall–Kier alpha value is -0.370. The Balaban J connectivity index is 2.05. The van der Waals surface area contributed by atoms with Crippen molar-refractivity contribution in [1.82, 2.24) is 0 Å². The minimum absolute atomic E-state index is 0.127. The molecule has 94 valence electrons. The molecule has 2 N–H and O–H groups in total. The highest BCUT2D eigenvalue weighted by molar-refractivity contribution is 5.81. The van der Waals surface area contributed by atoms with E-state index in [0.717, 1.165) is 12.3 Å². The predicted octanol–water partition coefficient (Wildman–Crippen LogP) is 3.29. The van der Waals surface area contributed by atoms with E-state index in [9.17, 15) is 4.79 Å². The van der Waals surface area contributed by atoms with E-state index in [0.29, 0.717) is 5.92 Å². The summed E-state index contributed by atoms with van der Waals surface area (Å²) in [5.74, 6) is 1.72. The van der Waals surface area contributed by atoms with Crippen LogP contribution in [0.15, 0.2) is 0 Å². The van der Waals surface area contributed by atoms with Gasteiger partial charge in [-0.2, -0.15) is 0 Å². The van der Waals surface area contributed by atoms with Crippen molar-refractivity contribution in [2.75, 3.05) is 0 Å². The van der Waals surface area contributed by atoms with Gasteiger partial charge in [0.1, 0.15) is 5.78 Å². The lowest BCUT2D eigenvalue weighted by Crippen LogP contribution is -2.30. The Morgan fingerprint density at radius 2 is 2.00 bits per heavy atom. The standard InChI is InChI=1S/C14H27NO/c1-11(10-14(15)12(2)16)6-5-9-13-7-3-4-8-13/h11,13-14H,3-10,15H2,1-2H3. The Kier molecular flexibility index (Phi) is 6.04. The maximum atomic E-state index is 11.0. The maximum absolute atomic E-state index is 11.0. The fourth-order valence-corrected chi connectivity index (χ4v) is 2.77. The highest BCUT2D eigenvalue weighted by Crippen LogP contribution is 2.29. The van der Waals surface area contributed by atoms with Gasteiger partial charge in [-0.25, -0.2) is 0 Å². The minimum atomic E-state index is -0.235. The average Bonchev–Trinajstić information content (AvgIpc) is 2.70. The molecule has 0 bridgehead atoms. The van der Waals surface area contributed by atoms with Crippen molar-refractivity contribution < 1.29 is 4.79 Å². The molecule has 1 fully saturated rings. The SMILES string of the molecule is CC(=O)C(N)CC(C)CCCC1CCCC1. The van der Waals surface area contributed by atoms with Crippen LogP contribution in [-0.4, -0.2) is 11.8 Å². The molecule has 1 aliphatic carbocycles. The van der Waals surface area contributed by atoms with Gasteiger partial charge in [-0.3, -0.25) is 4.79 Å². The molecule has 0 spiro atoms. The van der Waals surface area contributed by atoms with Crippen molar-refractivity contribution in [3.8, 4) is 0 Å². The topological polar surface area (TPSA) is 43.1 Å². The first-order valence-electron chi connectivity index (χ1n) is 6.85. The molecule has 2 heteroatoms. The highest BCUT2D eigenvalue weighted by atomic mass is 16.1. The van der Waals surface area contributed by atoms with Gasteiger partial charge >= 0.3 is 0 Å². The van der Waals surface area contributed by atoms with Crippen LogP contribution in [0.3, 0.4) is 0 Å². The van der Waals surface area contributed by atoms with Crippen molar-refractivity contribution in [2.45, 2.75) is 71.3 Å². The van der Waals surface area contributed by atoms with E-state index in [-0.39, 0.29) is 11.8 Å². The van der Waals surface area contributed by atoms with Gasteiger partial charge in [-0.1, -0.05) is 51.9 Å². The van der Waals surface area contributed by atoms with E-state index in [2.05, 4.69) is 6.92 Å². The van der Waals surface area contributed by atoms with E-state index >= 15 is 0 Å². The predicted molar refractivity (Wildman–Crippen MR) is 68.2 cm³/mol. The third-order valence-electron chi connectivity index (χ3n) is 3.96. The molecular formula is C14H27NO. The molecule has 0 aromatic carbocycles. The fraction of sp³-hybridized carbons (Fsp3) is 0.929. The molecule has 0 radical (unpaired) electrons. The van der Waals surface area contributed by atoms with Crippen LogP contribution in [0.5, 0.6) is 0 Å². The van der Waals surface area contributed by atoms with E-state index < -0.39 is 0 Å². The molecular weight excluding hydrogens is 198 g/mol. The number of carbonyl (C=O) groups is 1. The van der Waals surface area contributed by atoms with Crippen molar-refractivity contribution >= 4 is 5.78 Å². The number of rotatable bonds is 7. The molecule has 16 heavy (non-hydrogen) atoms. The third kappa shape index (κ3) is 5.11. The summed E-state index contributed by atoms with van der Waals surface area (Å²) in [6, 6.07) is -0.235. The van der Waals surface area contributed by atoms with E-state index in [1.165, 1.54) is 44.9 Å². The summed E-state index contributed by atoms with van der Waals surface area (Å²) >= 11 is 0. The molecule has 2 unspecified atom stereocenters. The molecule has 2 nitrogen and oxygen atoms in total. The van der Waals surface area contributed by atoms with Gasteiger partial charge in [0, 0.05) is 0 Å². The first kappa shape index (κ1) is 13.7. The third-order valence-corrected chi connectivity index (χ3v) is 3.96. The summed E-state index contributed by atoms with van der Waals surface area (Å²) in [4.78, 5) is 11.0. The average molecular weight is 225 g/mol. The monoisotopic (exact) mass is 225 g/mol. The second-order valence-corrected chi connectivity index (χ2v) is 5.64. The molecule has 1 saturated carbocycles. The van der Waals surface area contributed by atoms with Crippen LogP contribution < -0.4 is 5.73 Å². The van der Waals surface area contributed by atoms with E-state index in [4.69, 9.17) is 5.73 Å². The van der Waals surface area contributed by atoms with Gasteiger partial charge in [0.25, 0.3) is 0 Å². The summed E-state index contributed by atoms with van der Waals surface area (Å²) in [5.41, 5.74) is 5.76. The molecule has 0 saturated heterocycles. The summed E-state index contributed by atoms with van der Waals surface area (Å²) in [6.45, 7) is 3.81. The van der Waals surface area contributed by atoms with Crippen LogP contribution in [0.4, 0.5) is 0 Å². The van der Waals surface area contributed by atoms with Crippen molar-refractivity contribution in [3.63, 3.8) is 0 Å². The lowest BCUT2D eigenvalue weighted by atomic mass is 9.92. The van der Waals surface area contributed by atoms with Crippen LogP contribution in [0.1, 0.15) is 65.2 Å². The number of nitrogens with two attached hydrogens (primary N) is 1. The Morgan fingerprint density at radius 1 is 1.38 bits per heavy atom. The molecule has 0 aromatic heterocycles. The van der Waals surface area contributed by atoms with Gasteiger partial charge in [-0.15, -0.1) is 0 Å². The summed E-state index contributed by atoms with van der Waals surface area (Å²) in [7, 11) is 0. The molecule has 0 heterocycles. The second kappa shape index (κ2) is 7.05. The molecule has 1 aliphatic rings. The molecule has 0 aromatic rings. The van der Waals surface area contributed by atoms with Crippen LogP contribution in [0.2, 0.25) is 0 Å². The summed E-state index contributed by atoms with van der Waals surface area (Å²) in [5, 5.41) is 0. The smallest absolute Gasteiger partial charge is 0.146 e. The fourth-order valence-electron chi connectivity index (χ4n) is 2.77. The second-order valence-electron chi connectivity index (χ2n) is 5.64. The molecule has 2 atom stereocenters. The number of carbonyl (C=O) groups excluding carboxylic acids is 1. The lowest BCUT2D eigenvalue weighted by Gasteiger charge is -2.16. The van der Waals surface area contributed by atoms with Crippen LogP contribution in [0.25, 0.3) is 0 Å². The molecule has 0 amide bonds. The first-order valence-corrected chi connectivity index (χ1v) is 6.85. The van der Waals surface area contributed by atoms with Crippen molar-refractivity contribution in [3.05, 3.63) is 0 Å². The molecule has 0 aliphatic heterocycles. The van der Waals surface area contributed by atoms with Gasteiger partial charge in [0.05, 0.1) is 6.04 Å². The van der Waals surface area contributed by atoms with Crippen molar-refractivity contribution in [2.24, 2.45) is 17.6 Å². The van der Waals surface area contributed by atoms with Gasteiger partial charge < -0.3 is 5.73 Å². The van der Waals surface area contributed by atoms with E-state index in [1.807, 2.05) is 0 Å². The zero-order valence-corrected chi connectivity index (χ0v) is 10.9. The highest BCUT2D eigenvalue weighted by Gasteiger charge is 2.16. The van der Waals surface area contributed by atoms with Crippen LogP contribution in [-0.2, 0) is 4.79 Å². The lowest BCUT2D eigenvalue weighted by molar-refractivity contribution is -0.118. The van der Waals surface area contributed by atoms with E-state index in [1.54, 1.807) is 6.92 Å². The van der Waals surface area contributed by atoms with Crippen molar-refractivity contribution in [1.29, 1.82) is 0 Å². The Bertz CT molecular complexity index is 209. The normalized spacial score (nSPS) is 20.9.